The molecular formula is C16H15ClN2S. The molecule has 20 heavy (non-hydrogen) atoms. The number of para-hydroxylation sites is 1. The lowest BCUT2D eigenvalue weighted by Gasteiger charge is -2.20. The highest BCUT2D eigenvalue weighted by atomic mass is 35.5. The van der Waals surface area contributed by atoms with Gasteiger partial charge in [-0.1, -0.05) is 54.2 Å². The van der Waals surface area contributed by atoms with Crippen LogP contribution >= 0.6 is 23.8 Å². The first kappa shape index (κ1) is 13.4. The lowest BCUT2D eigenvalue weighted by Crippen LogP contribution is -2.20. The lowest BCUT2D eigenvalue weighted by atomic mass is 10.1. The number of halogens is 1. The van der Waals surface area contributed by atoms with Crippen LogP contribution in [0.25, 0.3) is 0 Å². The van der Waals surface area contributed by atoms with E-state index in [0.29, 0.717) is 4.99 Å². The summed E-state index contributed by atoms with van der Waals surface area (Å²) in [5.41, 5.74) is 10.3. The normalized spacial score (nSPS) is 13.3. The average molecular weight is 303 g/mol. The summed E-state index contributed by atoms with van der Waals surface area (Å²) in [6, 6.07) is 14.3. The smallest absolute Gasteiger partial charge is 0.104 e. The fourth-order valence-corrected chi connectivity index (χ4v) is 2.97. The average Bonchev–Trinajstić information content (AvgIpc) is 2.84. The van der Waals surface area contributed by atoms with Crippen LogP contribution in [0.3, 0.4) is 0 Å². The second-order valence-electron chi connectivity index (χ2n) is 4.97. The van der Waals surface area contributed by atoms with Gasteiger partial charge in [-0.15, -0.1) is 0 Å². The van der Waals surface area contributed by atoms with Gasteiger partial charge in [-0.2, -0.15) is 0 Å². The van der Waals surface area contributed by atoms with Crippen molar-refractivity contribution in [1.29, 1.82) is 0 Å². The fraction of sp³-hybridized carbons (Fsp3) is 0.188. The van der Waals surface area contributed by atoms with Gasteiger partial charge in [-0.05, 0) is 29.7 Å². The van der Waals surface area contributed by atoms with E-state index >= 15 is 0 Å². The molecule has 0 radical (unpaired) electrons. The molecule has 2 aromatic carbocycles. The molecule has 1 heterocycles. The van der Waals surface area contributed by atoms with E-state index in [1.165, 1.54) is 11.3 Å². The number of thiocarbonyl (C=S) groups is 1. The van der Waals surface area contributed by atoms with Crippen molar-refractivity contribution >= 4 is 34.5 Å². The Hall–Kier alpha value is -1.58. The van der Waals surface area contributed by atoms with E-state index in [2.05, 4.69) is 29.2 Å². The van der Waals surface area contributed by atoms with E-state index in [9.17, 15) is 0 Å². The summed E-state index contributed by atoms with van der Waals surface area (Å²) in [5, 5.41) is 0.722. The molecule has 1 aliphatic rings. The zero-order valence-electron chi connectivity index (χ0n) is 11.0. The zero-order chi connectivity index (χ0) is 14.1. The first-order valence-electron chi connectivity index (χ1n) is 6.56. The Labute approximate surface area is 129 Å². The van der Waals surface area contributed by atoms with E-state index in [1.807, 2.05) is 18.2 Å². The van der Waals surface area contributed by atoms with Crippen LogP contribution in [0, 0.1) is 0 Å². The van der Waals surface area contributed by atoms with Crippen LogP contribution in [-0.4, -0.2) is 11.5 Å². The molecular weight excluding hydrogens is 288 g/mol. The summed E-state index contributed by atoms with van der Waals surface area (Å²) in [6.45, 7) is 1.85. The number of hydrogen-bond donors (Lipinski definition) is 1. The highest BCUT2D eigenvalue weighted by Crippen LogP contribution is 2.30. The molecule has 2 aromatic rings. The third kappa shape index (κ3) is 2.51. The van der Waals surface area contributed by atoms with Crippen molar-refractivity contribution < 1.29 is 0 Å². The molecule has 0 fully saturated rings. The molecule has 4 heteroatoms. The number of benzene rings is 2. The van der Waals surface area contributed by atoms with Gasteiger partial charge < -0.3 is 10.6 Å². The number of nitrogens with two attached hydrogens (primary N) is 1. The molecule has 0 saturated carbocycles. The third-order valence-electron chi connectivity index (χ3n) is 3.68. The standard InChI is InChI=1S/C16H15ClN2S/c17-14-9-12(16(18)20)5-6-13(14)10-19-8-7-11-3-1-2-4-15(11)19/h1-6,9H,7-8,10H2,(H2,18,20). The maximum atomic E-state index is 6.34. The minimum Gasteiger partial charge on any atom is -0.389 e. The molecule has 0 aromatic heterocycles. The van der Waals surface area contributed by atoms with E-state index in [4.69, 9.17) is 29.6 Å². The quantitative estimate of drug-likeness (QED) is 0.879. The van der Waals surface area contributed by atoms with Gasteiger partial charge in [0, 0.05) is 29.4 Å². The molecule has 2 nitrogen and oxygen atoms in total. The van der Waals surface area contributed by atoms with Crippen LogP contribution in [0.2, 0.25) is 5.02 Å². The van der Waals surface area contributed by atoms with Crippen LogP contribution in [0.4, 0.5) is 5.69 Å². The van der Waals surface area contributed by atoms with Gasteiger partial charge in [0.2, 0.25) is 0 Å². The summed E-state index contributed by atoms with van der Waals surface area (Å²) >= 11 is 11.3. The van der Waals surface area contributed by atoms with Crippen molar-refractivity contribution in [3.8, 4) is 0 Å². The highest BCUT2D eigenvalue weighted by molar-refractivity contribution is 7.80. The Morgan fingerprint density at radius 3 is 2.80 bits per heavy atom. The number of nitrogens with zero attached hydrogens (tertiary/aromatic N) is 1. The van der Waals surface area contributed by atoms with E-state index in [-0.39, 0.29) is 0 Å². The summed E-state index contributed by atoms with van der Waals surface area (Å²) < 4.78 is 0. The van der Waals surface area contributed by atoms with E-state index in [1.54, 1.807) is 0 Å². The molecule has 0 amide bonds. The molecule has 0 aliphatic carbocycles. The molecule has 0 spiro atoms. The minimum absolute atomic E-state index is 0.380. The van der Waals surface area contributed by atoms with Crippen molar-refractivity contribution in [2.45, 2.75) is 13.0 Å². The van der Waals surface area contributed by atoms with Gasteiger partial charge in [-0.3, -0.25) is 0 Å². The predicted octanol–water partition coefficient (Wildman–Crippen LogP) is 3.54. The highest BCUT2D eigenvalue weighted by Gasteiger charge is 2.19. The number of anilines is 1. The maximum absolute atomic E-state index is 6.34. The largest absolute Gasteiger partial charge is 0.389 e. The Bertz CT molecular complexity index is 669. The fourth-order valence-electron chi connectivity index (χ4n) is 2.61. The summed E-state index contributed by atoms with van der Waals surface area (Å²) in [6.07, 6.45) is 1.10. The van der Waals surface area contributed by atoms with Crippen LogP contribution < -0.4 is 10.6 Å². The molecule has 0 bridgehead atoms. The molecule has 102 valence electrons. The van der Waals surface area contributed by atoms with Gasteiger partial charge in [0.25, 0.3) is 0 Å². The Morgan fingerprint density at radius 2 is 2.05 bits per heavy atom. The minimum atomic E-state index is 0.380. The molecule has 1 aliphatic heterocycles. The zero-order valence-corrected chi connectivity index (χ0v) is 12.5. The van der Waals surface area contributed by atoms with Gasteiger partial charge in [-0.25, -0.2) is 0 Å². The van der Waals surface area contributed by atoms with E-state index < -0.39 is 0 Å². The second-order valence-corrected chi connectivity index (χ2v) is 5.82. The first-order valence-corrected chi connectivity index (χ1v) is 7.35. The van der Waals surface area contributed by atoms with Gasteiger partial charge in [0.05, 0.1) is 0 Å². The monoisotopic (exact) mass is 302 g/mol. The third-order valence-corrected chi connectivity index (χ3v) is 4.27. The molecule has 3 rings (SSSR count). The maximum Gasteiger partial charge on any atom is 0.104 e. The van der Waals surface area contributed by atoms with Crippen molar-refractivity contribution in [3.05, 3.63) is 64.2 Å². The topological polar surface area (TPSA) is 29.3 Å². The lowest BCUT2D eigenvalue weighted by molar-refractivity contribution is 0.836. The van der Waals surface area contributed by atoms with Gasteiger partial charge in [0.15, 0.2) is 0 Å². The molecule has 2 N–H and O–H groups in total. The van der Waals surface area contributed by atoms with Crippen LogP contribution in [0.5, 0.6) is 0 Å². The number of hydrogen-bond acceptors (Lipinski definition) is 2. The SMILES string of the molecule is NC(=S)c1ccc(CN2CCc3ccccc32)c(Cl)c1. The summed E-state index contributed by atoms with van der Waals surface area (Å²) in [7, 11) is 0. The van der Waals surface area contributed by atoms with E-state index in [0.717, 1.165) is 35.7 Å². The van der Waals surface area contributed by atoms with Gasteiger partial charge in [0.1, 0.15) is 4.99 Å². The van der Waals surface area contributed by atoms with Crippen LogP contribution in [0.15, 0.2) is 42.5 Å². The summed E-state index contributed by atoms with van der Waals surface area (Å²) in [5.74, 6) is 0. The first-order chi connectivity index (χ1) is 9.65. The molecule has 0 unspecified atom stereocenters. The van der Waals surface area contributed by atoms with Crippen molar-refractivity contribution in [2.75, 3.05) is 11.4 Å². The number of fused-ring (bicyclic) bond motifs is 1. The number of rotatable bonds is 3. The van der Waals surface area contributed by atoms with Crippen molar-refractivity contribution in [2.24, 2.45) is 5.73 Å². The Morgan fingerprint density at radius 1 is 1.25 bits per heavy atom. The molecule has 0 saturated heterocycles. The summed E-state index contributed by atoms with van der Waals surface area (Å²) in [4.78, 5) is 2.74. The Balaban J connectivity index is 1.84. The van der Waals surface area contributed by atoms with Crippen LogP contribution in [0.1, 0.15) is 16.7 Å². The Kier molecular flexibility index (Phi) is 3.64. The van der Waals surface area contributed by atoms with Crippen molar-refractivity contribution in [1.82, 2.24) is 0 Å². The second kappa shape index (κ2) is 5.43. The van der Waals surface area contributed by atoms with Gasteiger partial charge >= 0.3 is 0 Å². The van der Waals surface area contributed by atoms with Crippen LogP contribution in [-0.2, 0) is 13.0 Å². The molecule has 0 atom stereocenters. The van der Waals surface area contributed by atoms with Crippen molar-refractivity contribution in [3.63, 3.8) is 0 Å². The predicted molar refractivity (Wildman–Crippen MR) is 88.5 cm³/mol.